The van der Waals surface area contributed by atoms with Gasteiger partial charge in [0.2, 0.25) is 47.3 Å². The van der Waals surface area contributed by atoms with Crippen LogP contribution in [0.25, 0.3) is 0 Å². The molecule has 0 aromatic carbocycles. The molecule has 474 valence electrons. The van der Waals surface area contributed by atoms with Crippen LogP contribution in [0, 0.1) is 0 Å². The standard InChI is InChI=1S/C17H33N3O3.C16H30N2O4.C12H24N2O2.C11H21NO3.CH5N.2CH4/c1-4-6-12-20(13-7-5-2)17(23)14-16(22)19-11-9-8-10-15(21)18-3;1-3-5-11-18(12-6-4-2)15(20)13-14(19)17-10-8-7-9-16(21)22;1-4-6-8-14(9-7-5-2)12(16)10-11(15)13-3;1-3-5-7-12(8-6-4-2)10(13)9-11(14)15;1-2;;/h4-14H2,1-3H3,(H,18,21)(H,19,22);3-13H2,1-2H3,(H,17,19)(H,21,22);4-10H2,1-3H3,(H,13,15);3-9H2,1-2H3,(H,14,15);2H2,1H3;2*1H4. The van der Waals surface area contributed by atoms with Crippen LogP contribution in [0.5, 0.6) is 0 Å². The van der Waals surface area contributed by atoms with E-state index in [0.717, 1.165) is 142 Å². The predicted octanol–water partition coefficient (Wildman–Crippen LogP) is 8.30. The summed E-state index contributed by atoms with van der Waals surface area (Å²) in [6, 6.07) is 0. The Kier molecular flexibility index (Phi) is 73.2. The summed E-state index contributed by atoms with van der Waals surface area (Å²) in [5.41, 5.74) is 4.50. The number of unbranched alkanes of at least 4 members (excludes halogenated alkanes) is 10. The van der Waals surface area contributed by atoms with Gasteiger partial charge in [0.25, 0.3) is 0 Å². The number of hydrogen-bond donors (Lipinski definition) is 7. The number of hydrogen-bond acceptors (Lipinski definition) is 11. The molecule has 0 unspecified atom stereocenters. The third kappa shape index (κ3) is 60.3. The first-order chi connectivity index (χ1) is 37.3. The molecule has 0 fully saturated rings. The molecule has 0 rings (SSSR count). The van der Waals surface area contributed by atoms with E-state index in [9.17, 15) is 47.9 Å². The van der Waals surface area contributed by atoms with Crippen molar-refractivity contribution < 1.29 is 58.2 Å². The molecule has 0 aromatic rings. The lowest BCUT2D eigenvalue weighted by atomic mass is 10.2. The minimum absolute atomic E-state index is 0. The minimum atomic E-state index is -1.04. The molecule has 0 atom stereocenters. The number of rotatable bonds is 42. The Hall–Kier alpha value is -5.34. The second-order valence-corrected chi connectivity index (χ2v) is 18.8. The molecule has 21 heteroatoms. The molecule has 8 N–H and O–H groups in total. The van der Waals surface area contributed by atoms with Crippen molar-refractivity contribution in [1.82, 2.24) is 40.9 Å². The van der Waals surface area contributed by atoms with Crippen molar-refractivity contribution in [1.29, 1.82) is 0 Å². The Balaban J connectivity index is -0.000000177. The zero-order valence-corrected chi connectivity index (χ0v) is 50.8. The van der Waals surface area contributed by atoms with Gasteiger partial charge in [-0.05, 0) is 84.1 Å². The third-order valence-electron chi connectivity index (χ3n) is 11.8. The summed E-state index contributed by atoms with van der Waals surface area (Å²) in [6.07, 6.45) is 18.6. The van der Waals surface area contributed by atoms with Gasteiger partial charge in [-0.2, -0.15) is 0 Å². The van der Waals surface area contributed by atoms with Gasteiger partial charge in [-0.3, -0.25) is 47.9 Å². The van der Waals surface area contributed by atoms with E-state index in [0.29, 0.717) is 58.5 Å². The van der Waals surface area contributed by atoms with Crippen LogP contribution in [0.3, 0.4) is 0 Å². The molecule has 0 aromatic heterocycles. The van der Waals surface area contributed by atoms with Gasteiger partial charge in [-0.1, -0.05) is 122 Å². The highest BCUT2D eigenvalue weighted by atomic mass is 16.4. The summed E-state index contributed by atoms with van der Waals surface area (Å²) in [7, 11) is 4.66. The number of aliphatic carboxylic acids is 2. The van der Waals surface area contributed by atoms with Gasteiger partial charge in [0.1, 0.15) is 25.7 Å². The summed E-state index contributed by atoms with van der Waals surface area (Å²) in [5, 5.41) is 27.5. The van der Waals surface area contributed by atoms with E-state index in [2.05, 4.69) is 82.4 Å². The maximum absolute atomic E-state index is 12.2. The van der Waals surface area contributed by atoms with Crippen LogP contribution in [0.1, 0.15) is 237 Å². The number of carbonyl (C=O) groups excluding carboxylic acids is 8. The molecule has 80 heavy (non-hydrogen) atoms. The summed E-state index contributed by atoms with van der Waals surface area (Å²) in [4.78, 5) is 121. The average Bonchev–Trinajstić information content (AvgIpc) is 3.41. The van der Waals surface area contributed by atoms with Crippen molar-refractivity contribution >= 4 is 59.2 Å². The van der Waals surface area contributed by atoms with Gasteiger partial charge in [0.15, 0.2) is 0 Å². The lowest BCUT2D eigenvalue weighted by molar-refractivity contribution is -0.145. The predicted molar refractivity (Wildman–Crippen MR) is 325 cm³/mol. The summed E-state index contributed by atoms with van der Waals surface area (Å²) in [5.74, 6) is -3.10. The first kappa shape index (κ1) is 88.5. The second kappa shape index (κ2) is 66.2. The summed E-state index contributed by atoms with van der Waals surface area (Å²) < 4.78 is 0. The normalized spacial score (nSPS) is 9.70. The maximum Gasteiger partial charge on any atom is 0.312 e. The quantitative estimate of drug-likeness (QED) is 0.0224. The molecular formula is C59H121N9O12. The van der Waals surface area contributed by atoms with E-state index in [1.807, 2.05) is 4.90 Å². The Morgan fingerprint density at radius 1 is 0.325 bits per heavy atom. The molecule has 0 saturated carbocycles. The zero-order chi connectivity index (χ0) is 60.4. The van der Waals surface area contributed by atoms with Gasteiger partial charge in [0.05, 0.1) is 0 Å². The first-order valence-corrected chi connectivity index (χ1v) is 29.4. The zero-order valence-electron chi connectivity index (χ0n) is 50.8. The van der Waals surface area contributed by atoms with E-state index < -0.39 is 11.9 Å². The van der Waals surface area contributed by atoms with Gasteiger partial charge < -0.3 is 56.8 Å². The van der Waals surface area contributed by atoms with Crippen LogP contribution in [-0.4, -0.2) is 176 Å². The van der Waals surface area contributed by atoms with Gasteiger partial charge in [-0.25, -0.2) is 0 Å². The SMILES string of the molecule is C.C.CCCCN(CCCC)C(=O)CC(=O)NC.CCCCN(CCCC)C(=O)CC(=O)NCCCCC(=O)NC.CCCCN(CCCC)C(=O)CC(=O)NCCCCC(=O)O.CCCCN(CCCC)C(=O)CC(=O)O.CN. The van der Waals surface area contributed by atoms with Crippen molar-refractivity contribution in [3.05, 3.63) is 0 Å². The van der Waals surface area contributed by atoms with Gasteiger partial charge >= 0.3 is 11.9 Å². The topological polar surface area (TPSA) is 298 Å². The van der Waals surface area contributed by atoms with Crippen LogP contribution >= 0.6 is 0 Å². The first-order valence-electron chi connectivity index (χ1n) is 29.4. The van der Waals surface area contributed by atoms with E-state index >= 15 is 0 Å². The van der Waals surface area contributed by atoms with Crippen LogP contribution in [0.2, 0.25) is 0 Å². The lowest BCUT2D eigenvalue weighted by Crippen LogP contribution is -2.37. The largest absolute Gasteiger partial charge is 0.481 e. The van der Waals surface area contributed by atoms with E-state index in [1.165, 1.54) is 7.05 Å². The number of carbonyl (C=O) groups is 10. The average molecular weight is 1150 g/mol. The van der Waals surface area contributed by atoms with Gasteiger partial charge in [0, 0.05) is 92.4 Å². The fraction of sp³-hybridized carbons (Fsp3) is 0.831. The van der Waals surface area contributed by atoms with E-state index in [-0.39, 0.29) is 94.2 Å². The Morgan fingerprint density at radius 2 is 0.562 bits per heavy atom. The highest BCUT2D eigenvalue weighted by molar-refractivity contribution is 5.98. The number of carboxylic acids is 2. The molecule has 0 heterocycles. The van der Waals surface area contributed by atoms with Crippen molar-refractivity contribution in [3.8, 4) is 0 Å². The smallest absolute Gasteiger partial charge is 0.312 e. The highest BCUT2D eigenvalue weighted by Gasteiger charge is 2.19. The highest BCUT2D eigenvalue weighted by Crippen LogP contribution is 2.06. The Labute approximate surface area is 486 Å². The number of nitrogens with two attached hydrogens (primary N) is 1. The summed E-state index contributed by atoms with van der Waals surface area (Å²) >= 11 is 0. The van der Waals surface area contributed by atoms with Crippen molar-refractivity contribution in [3.63, 3.8) is 0 Å². The molecule has 0 spiro atoms. The molecular weight excluding hydrogens is 1030 g/mol. The third-order valence-corrected chi connectivity index (χ3v) is 11.8. The van der Waals surface area contributed by atoms with Crippen LogP contribution in [0.15, 0.2) is 0 Å². The van der Waals surface area contributed by atoms with Crippen LogP contribution in [-0.2, 0) is 47.9 Å². The van der Waals surface area contributed by atoms with Crippen LogP contribution in [0.4, 0.5) is 0 Å². The lowest BCUT2D eigenvalue weighted by Gasteiger charge is -2.22. The minimum Gasteiger partial charge on any atom is -0.481 e. The molecule has 0 aliphatic heterocycles. The monoisotopic (exact) mass is 1150 g/mol. The molecule has 0 radical (unpaired) electrons. The molecule has 0 aliphatic carbocycles. The molecule has 21 nitrogen and oxygen atoms in total. The molecule has 0 aliphatic rings. The van der Waals surface area contributed by atoms with E-state index in [4.69, 9.17) is 10.2 Å². The maximum atomic E-state index is 12.2. The fourth-order valence-electron chi connectivity index (χ4n) is 6.83. The number of carboxylic acid groups (broad SMARTS) is 2. The number of nitrogens with one attached hydrogen (secondary N) is 4. The Morgan fingerprint density at radius 3 is 0.787 bits per heavy atom. The number of nitrogens with zero attached hydrogens (tertiary/aromatic N) is 4. The van der Waals surface area contributed by atoms with Crippen molar-refractivity contribution in [2.75, 3.05) is 86.6 Å². The van der Waals surface area contributed by atoms with Gasteiger partial charge in [-0.15, -0.1) is 0 Å². The van der Waals surface area contributed by atoms with Crippen LogP contribution < -0.4 is 27.0 Å². The molecule has 8 amide bonds. The fourth-order valence-corrected chi connectivity index (χ4v) is 6.83. The molecule has 0 saturated heterocycles. The van der Waals surface area contributed by atoms with Crippen molar-refractivity contribution in [2.24, 2.45) is 5.73 Å². The molecule has 0 bridgehead atoms. The second-order valence-electron chi connectivity index (χ2n) is 18.8. The number of amides is 8. The summed E-state index contributed by atoms with van der Waals surface area (Å²) in [6.45, 7) is 23.4. The van der Waals surface area contributed by atoms with E-state index in [1.54, 1.807) is 28.8 Å². The Bertz CT molecular complexity index is 1540. The van der Waals surface area contributed by atoms with Crippen molar-refractivity contribution in [2.45, 2.75) is 237 Å².